The van der Waals surface area contributed by atoms with Crippen LogP contribution in [0.5, 0.6) is 0 Å². The van der Waals surface area contributed by atoms with Gasteiger partial charge in [0.2, 0.25) is 5.91 Å². The largest absolute Gasteiger partial charge is 0.376 e. The van der Waals surface area contributed by atoms with Crippen LogP contribution in [0.4, 0.5) is 0 Å². The third-order valence-corrected chi connectivity index (χ3v) is 6.23. The Bertz CT molecular complexity index is 610. The van der Waals surface area contributed by atoms with Crippen molar-refractivity contribution in [3.05, 3.63) is 35.4 Å². The van der Waals surface area contributed by atoms with Gasteiger partial charge in [0, 0.05) is 32.2 Å². The summed E-state index contributed by atoms with van der Waals surface area (Å²) < 4.78 is 5.66. The maximum Gasteiger partial charge on any atom is 0.230 e. The lowest BCUT2D eigenvalue weighted by atomic mass is 9.81. The maximum atomic E-state index is 13.1. The lowest BCUT2D eigenvalue weighted by Gasteiger charge is -2.42. The average Bonchev–Trinajstić information content (AvgIpc) is 2.67. The second kappa shape index (κ2) is 7.46. The summed E-state index contributed by atoms with van der Waals surface area (Å²) >= 11 is 0. The Balaban J connectivity index is 1.37. The summed E-state index contributed by atoms with van der Waals surface area (Å²) in [5, 5.41) is 0. The minimum atomic E-state index is 0.0879. The first kappa shape index (κ1) is 17.0. The van der Waals surface area contributed by atoms with Crippen molar-refractivity contribution >= 4 is 5.91 Å². The number of carbonyl (C=O) groups is 1. The van der Waals surface area contributed by atoms with Crippen LogP contribution in [0.3, 0.4) is 0 Å². The van der Waals surface area contributed by atoms with E-state index in [0.717, 1.165) is 64.9 Å². The molecular formula is C21H30N2O2. The molecule has 3 aliphatic rings. The minimum Gasteiger partial charge on any atom is -0.376 e. The summed E-state index contributed by atoms with van der Waals surface area (Å²) in [6, 6.07) is 9.16. The Kier molecular flexibility index (Phi) is 5.09. The lowest BCUT2D eigenvalue weighted by Crippen LogP contribution is -2.52. The van der Waals surface area contributed by atoms with Crippen molar-refractivity contribution in [3.63, 3.8) is 0 Å². The van der Waals surface area contributed by atoms with Crippen LogP contribution in [0.25, 0.3) is 0 Å². The van der Waals surface area contributed by atoms with Crippen LogP contribution in [0, 0.1) is 0 Å². The molecule has 25 heavy (non-hydrogen) atoms. The van der Waals surface area contributed by atoms with E-state index in [4.69, 9.17) is 4.74 Å². The highest BCUT2D eigenvalue weighted by Gasteiger charge is 2.34. The highest BCUT2D eigenvalue weighted by Crippen LogP contribution is 2.33. The van der Waals surface area contributed by atoms with Gasteiger partial charge in [0.15, 0.2) is 0 Å². The second-order valence-corrected chi connectivity index (χ2v) is 7.88. The van der Waals surface area contributed by atoms with Gasteiger partial charge in [-0.15, -0.1) is 0 Å². The molecule has 2 aliphatic heterocycles. The topological polar surface area (TPSA) is 32.8 Å². The molecule has 0 bridgehead atoms. The first-order chi connectivity index (χ1) is 12.2. The fourth-order valence-electron chi connectivity index (χ4n) is 4.86. The number of hydrogen-bond donors (Lipinski definition) is 0. The van der Waals surface area contributed by atoms with E-state index in [1.165, 1.54) is 11.1 Å². The van der Waals surface area contributed by atoms with E-state index in [1.807, 2.05) is 0 Å². The molecule has 4 rings (SSSR count). The summed E-state index contributed by atoms with van der Waals surface area (Å²) in [5.74, 6) is 0.450. The number of ether oxygens (including phenoxy) is 1. The molecule has 1 aromatic carbocycles. The number of morpholine rings is 1. The maximum absolute atomic E-state index is 13.1. The van der Waals surface area contributed by atoms with Crippen molar-refractivity contribution in [2.24, 2.45) is 0 Å². The van der Waals surface area contributed by atoms with Crippen LogP contribution in [-0.4, -0.2) is 60.6 Å². The average molecular weight is 342 g/mol. The zero-order valence-corrected chi connectivity index (χ0v) is 15.3. The molecule has 0 spiro atoms. The van der Waals surface area contributed by atoms with Crippen LogP contribution in [0.1, 0.15) is 49.7 Å². The number of rotatable bonds is 2. The number of aryl methyl sites for hydroxylation is 1. The Labute approximate surface area is 151 Å². The fraction of sp³-hybridized carbons (Fsp3) is 0.667. The Morgan fingerprint density at radius 1 is 1.12 bits per heavy atom. The SMILES string of the molecule is CC1CN(C2CCN(C(=O)C3CCCc4ccccc43)CC2)CCO1. The Morgan fingerprint density at radius 2 is 1.92 bits per heavy atom. The Morgan fingerprint density at radius 3 is 2.72 bits per heavy atom. The lowest BCUT2D eigenvalue weighted by molar-refractivity contribution is -0.135. The molecule has 2 saturated heterocycles. The van der Waals surface area contributed by atoms with Crippen molar-refractivity contribution in [1.82, 2.24) is 9.80 Å². The fourth-order valence-corrected chi connectivity index (χ4v) is 4.86. The van der Waals surface area contributed by atoms with Gasteiger partial charge in [0.1, 0.15) is 0 Å². The molecule has 2 heterocycles. The van der Waals surface area contributed by atoms with Crippen molar-refractivity contribution in [2.45, 2.75) is 57.1 Å². The van der Waals surface area contributed by atoms with Gasteiger partial charge in [-0.1, -0.05) is 24.3 Å². The van der Waals surface area contributed by atoms with Gasteiger partial charge in [0.25, 0.3) is 0 Å². The summed E-state index contributed by atoms with van der Waals surface area (Å²) in [4.78, 5) is 17.9. The van der Waals surface area contributed by atoms with Gasteiger partial charge in [-0.2, -0.15) is 0 Å². The van der Waals surface area contributed by atoms with E-state index >= 15 is 0 Å². The number of nitrogens with zero attached hydrogens (tertiary/aromatic N) is 2. The third kappa shape index (κ3) is 3.61. The molecule has 4 heteroatoms. The number of amides is 1. The smallest absolute Gasteiger partial charge is 0.230 e. The summed E-state index contributed by atoms with van der Waals surface area (Å²) in [7, 11) is 0. The van der Waals surface area contributed by atoms with Gasteiger partial charge in [-0.25, -0.2) is 0 Å². The standard InChI is InChI=1S/C21H30N2O2/c1-16-15-23(13-14-25-16)18-9-11-22(12-10-18)21(24)20-8-4-6-17-5-2-3-7-19(17)20/h2-3,5,7,16,18,20H,4,6,8-15H2,1H3. The van der Waals surface area contributed by atoms with E-state index in [1.54, 1.807) is 0 Å². The van der Waals surface area contributed by atoms with Gasteiger partial charge >= 0.3 is 0 Å². The summed E-state index contributed by atoms with van der Waals surface area (Å²) in [5.41, 5.74) is 2.66. The third-order valence-electron chi connectivity index (χ3n) is 6.23. The normalized spacial score (nSPS) is 28.6. The van der Waals surface area contributed by atoms with Gasteiger partial charge in [-0.3, -0.25) is 9.69 Å². The minimum absolute atomic E-state index is 0.0879. The van der Waals surface area contributed by atoms with Crippen LogP contribution >= 0.6 is 0 Å². The predicted molar refractivity (Wildman–Crippen MR) is 98.7 cm³/mol. The molecule has 2 unspecified atom stereocenters. The highest BCUT2D eigenvalue weighted by atomic mass is 16.5. The quantitative estimate of drug-likeness (QED) is 0.828. The van der Waals surface area contributed by atoms with E-state index in [2.05, 4.69) is 41.0 Å². The Hall–Kier alpha value is -1.39. The van der Waals surface area contributed by atoms with Crippen molar-refractivity contribution < 1.29 is 9.53 Å². The van der Waals surface area contributed by atoms with E-state index in [-0.39, 0.29) is 5.92 Å². The van der Waals surface area contributed by atoms with Gasteiger partial charge < -0.3 is 9.64 Å². The summed E-state index contributed by atoms with van der Waals surface area (Å²) in [6.45, 7) is 6.90. The number of benzene rings is 1. The molecule has 0 saturated carbocycles. The molecule has 0 aromatic heterocycles. The summed E-state index contributed by atoms with van der Waals surface area (Å²) in [6.07, 6.45) is 5.82. The number of carbonyl (C=O) groups excluding carboxylic acids is 1. The molecule has 136 valence electrons. The zero-order chi connectivity index (χ0) is 17.2. The van der Waals surface area contributed by atoms with Gasteiger partial charge in [-0.05, 0) is 50.2 Å². The second-order valence-electron chi connectivity index (χ2n) is 7.88. The van der Waals surface area contributed by atoms with Crippen LogP contribution in [0.2, 0.25) is 0 Å². The molecule has 0 N–H and O–H groups in total. The highest BCUT2D eigenvalue weighted by molar-refractivity contribution is 5.84. The van der Waals surface area contributed by atoms with E-state index < -0.39 is 0 Å². The number of fused-ring (bicyclic) bond motifs is 1. The monoisotopic (exact) mass is 342 g/mol. The molecule has 1 amide bonds. The zero-order valence-electron chi connectivity index (χ0n) is 15.3. The molecular weight excluding hydrogens is 312 g/mol. The number of likely N-dealkylation sites (tertiary alicyclic amines) is 1. The molecule has 2 fully saturated rings. The molecule has 4 nitrogen and oxygen atoms in total. The molecule has 0 radical (unpaired) electrons. The van der Waals surface area contributed by atoms with Crippen molar-refractivity contribution in [1.29, 1.82) is 0 Å². The number of hydrogen-bond acceptors (Lipinski definition) is 3. The van der Waals surface area contributed by atoms with Crippen LogP contribution in [-0.2, 0) is 16.0 Å². The molecule has 1 aliphatic carbocycles. The van der Waals surface area contributed by atoms with Crippen molar-refractivity contribution in [2.75, 3.05) is 32.8 Å². The molecule has 2 atom stereocenters. The number of piperidine rings is 1. The predicted octanol–water partition coefficient (Wildman–Crippen LogP) is 2.82. The van der Waals surface area contributed by atoms with Crippen LogP contribution < -0.4 is 0 Å². The van der Waals surface area contributed by atoms with E-state index in [9.17, 15) is 4.79 Å². The first-order valence-corrected chi connectivity index (χ1v) is 9.94. The van der Waals surface area contributed by atoms with Gasteiger partial charge in [0.05, 0.1) is 18.6 Å². The van der Waals surface area contributed by atoms with E-state index in [0.29, 0.717) is 18.1 Å². The molecule has 1 aromatic rings. The van der Waals surface area contributed by atoms with Crippen LogP contribution in [0.15, 0.2) is 24.3 Å². The van der Waals surface area contributed by atoms with Crippen molar-refractivity contribution in [3.8, 4) is 0 Å². The first-order valence-electron chi connectivity index (χ1n) is 9.94.